The van der Waals surface area contributed by atoms with Crippen LogP contribution in [0, 0.1) is 21.4 Å². The lowest BCUT2D eigenvalue weighted by Gasteiger charge is -2.46. The van der Waals surface area contributed by atoms with Gasteiger partial charge in [-0.2, -0.15) is 5.10 Å². The zero-order valence-corrected chi connectivity index (χ0v) is 20.8. The number of carbonyl (C=O) groups is 2. The Balaban J connectivity index is 1.18. The van der Waals surface area contributed by atoms with E-state index in [1.54, 1.807) is 11.3 Å². The van der Waals surface area contributed by atoms with Gasteiger partial charge in [0.25, 0.3) is 0 Å². The highest BCUT2D eigenvalue weighted by Gasteiger charge is 2.39. The van der Waals surface area contributed by atoms with Gasteiger partial charge in [0.05, 0.1) is 11.5 Å². The first kappa shape index (κ1) is 23.9. The lowest BCUT2D eigenvalue weighted by Crippen LogP contribution is -2.45. The number of hydrogen-bond donors (Lipinski definition) is 1. The van der Waals surface area contributed by atoms with Crippen LogP contribution in [-0.4, -0.2) is 44.5 Å². The van der Waals surface area contributed by atoms with Gasteiger partial charge in [-0.25, -0.2) is 0 Å². The quantitative estimate of drug-likeness (QED) is 0.421. The average Bonchev–Trinajstić information content (AvgIpc) is 3.43. The third-order valence-electron chi connectivity index (χ3n) is 7.03. The van der Waals surface area contributed by atoms with Crippen molar-refractivity contribution in [3.05, 3.63) is 43.3 Å². The summed E-state index contributed by atoms with van der Waals surface area (Å²) in [5.74, 6) is 0.506. The van der Waals surface area contributed by atoms with Crippen LogP contribution < -0.4 is 5.32 Å². The number of likely N-dealkylation sites (tertiary alicyclic amines) is 1. The number of halogens is 1. The van der Waals surface area contributed by atoms with Crippen LogP contribution in [0.3, 0.4) is 0 Å². The van der Waals surface area contributed by atoms with Gasteiger partial charge in [0.2, 0.25) is 11.8 Å². The number of piperidine rings is 1. The Morgan fingerprint density at radius 1 is 1.27 bits per heavy atom. The van der Waals surface area contributed by atoms with Gasteiger partial charge < -0.3 is 10.2 Å². The second-order valence-electron chi connectivity index (χ2n) is 9.19. The zero-order chi connectivity index (χ0) is 23.4. The monoisotopic (exact) mass is 537 g/mol. The number of rotatable bonds is 7. The highest BCUT2D eigenvalue weighted by atomic mass is 79.9. The third-order valence-corrected chi connectivity index (χ3v) is 8.72. The maximum atomic E-state index is 12.6. The molecule has 0 atom stereocenters. The Hall–Kier alpha value is -2.27. The summed E-state index contributed by atoms with van der Waals surface area (Å²) in [6.45, 7) is 2.04. The number of nitrogens with one attached hydrogen (secondary N) is 1. The van der Waals surface area contributed by atoms with Gasteiger partial charge in [0.15, 0.2) is 0 Å². The van der Waals surface area contributed by atoms with E-state index in [4.69, 9.17) is 0 Å². The van der Waals surface area contributed by atoms with Crippen molar-refractivity contribution in [2.24, 2.45) is 11.3 Å². The Bertz CT molecular complexity index is 1000. The highest BCUT2D eigenvalue weighted by molar-refractivity contribution is 9.10. The number of nitro groups is 1. The summed E-state index contributed by atoms with van der Waals surface area (Å²) in [4.78, 5) is 38.2. The van der Waals surface area contributed by atoms with Gasteiger partial charge in [-0.3, -0.25) is 24.4 Å². The van der Waals surface area contributed by atoms with Crippen LogP contribution in [0.15, 0.2) is 28.3 Å². The van der Waals surface area contributed by atoms with Crippen LogP contribution >= 0.6 is 27.3 Å². The fourth-order valence-electron chi connectivity index (χ4n) is 4.96. The molecule has 11 heteroatoms. The number of nitrogens with zero attached hydrogens (tertiary/aromatic N) is 4. The smallest absolute Gasteiger partial charge is 0.307 e. The van der Waals surface area contributed by atoms with Gasteiger partial charge in [0, 0.05) is 34.2 Å². The van der Waals surface area contributed by atoms with Crippen molar-refractivity contribution in [3.63, 3.8) is 0 Å². The summed E-state index contributed by atoms with van der Waals surface area (Å²) >= 11 is 5.07. The molecule has 0 bridgehead atoms. The first-order chi connectivity index (χ1) is 15.8. The lowest BCUT2D eigenvalue weighted by atomic mass is 9.65. The molecule has 4 rings (SSSR count). The van der Waals surface area contributed by atoms with Crippen molar-refractivity contribution in [1.29, 1.82) is 0 Å². The minimum absolute atomic E-state index is 0.0282. The molecular formula is C22H28BrN5O4S. The molecule has 1 saturated heterocycles. The van der Waals surface area contributed by atoms with Crippen molar-refractivity contribution in [2.75, 3.05) is 13.1 Å². The summed E-state index contributed by atoms with van der Waals surface area (Å²) < 4.78 is 2.38. The fraction of sp³-hybridized carbons (Fsp3) is 0.591. The molecule has 2 fully saturated rings. The van der Waals surface area contributed by atoms with E-state index >= 15 is 0 Å². The number of hydrogen-bond acceptors (Lipinski definition) is 6. The van der Waals surface area contributed by atoms with Gasteiger partial charge in [-0.05, 0) is 71.9 Å². The summed E-state index contributed by atoms with van der Waals surface area (Å²) in [6.07, 6.45) is 9.33. The molecular weight excluding hydrogens is 510 g/mol. The van der Waals surface area contributed by atoms with Crippen LogP contribution in [0.4, 0.5) is 5.69 Å². The third kappa shape index (κ3) is 6.20. The highest BCUT2D eigenvalue weighted by Crippen LogP contribution is 2.47. The van der Waals surface area contributed by atoms with E-state index in [2.05, 4.69) is 26.3 Å². The molecule has 178 valence electrons. The molecule has 1 saturated carbocycles. The summed E-state index contributed by atoms with van der Waals surface area (Å²) in [5, 5.41) is 19.8. The van der Waals surface area contributed by atoms with Gasteiger partial charge in [0.1, 0.15) is 18.9 Å². The normalized spacial score (nSPS) is 18.4. The minimum Gasteiger partial charge on any atom is -0.351 e. The number of amides is 2. The maximum absolute atomic E-state index is 12.6. The molecule has 0 unspecified atom stereocenters. The maximum Gasteiger partial charge on any atom is 0.307 e. The van der Waals surface area contributed by atoms with Crippen molar-refractivity contribution in [2.45, 2.75) is 58.0 Å². The number of carbonyl (C=O) groups excluding carboxylic acids is 2. The van der Waals surface area contributed by atoms with Gasteiger partial charge >= 0.3 is 5.69 Å². The molecule has 1 N–H and O–H groups in total. The van der Waals surface area contributed by atoms with Crippen LogP contribution in [0.1, 0.15) is 49.8 Å². The standard InChI is InChI=1S/C22H28BrN5O4S/c23-17-10-19(33-15-17)12-24-20(29)9-16-1-3-22(4-2-16)5-7-26(8-6-22)21(30)14-27-13-18(11-25-27)28(31)32/h10-11,13,15-16H,1-9,12,14H2,(H,24,29). The lowest BCUT2D eigenvalue weighted by molar-refractivity contribution is -0.385. The van der Waals surface area contributed by atoms with E-state index in [9.17, 15) is 19.7 Å². The van der Waals surface area contributed by atoms with Crippen molar-refractivity contribution in [3.8, 4) is 0 Å². The van der Waals surface area contributed by atoms with Gasteiger partial charge in [-0.15, -0.1) is 11.3 Å². The minimum atomic E-state index is -0.512. The molecule has 0 radical (unpaired) electrons. The second-order valence-corrected chi connectivity index (χ2v) is 11.1. The molecule has 1 spiro atoms. The van der Waals surface area contributed by atoms with E-state index in [1.165, 1.54) is 17.1 Å². The van der Waals surface area contributed by atoms with E-state index < -0.39 is 4.92 Å². The Morgan fingerprint density at radius 3 is 2.61 bits per heavy atom. The molecule has 2 aromatic heterocycles. The predicted octanol–water partition coefficient (Wildman–Crippen LogP) is 4.12. The summed E-state index contributed by atoms with van der Waals surface area (Å²) in [7, 11) is 0. The SMILES string of the molecule is O=C(CC1CCC2(CC1)CCN(C(=O)Cn1cc([N+](=O)[O-])cn1)CC2)NCc1cc(Br)cs1. The molecule has 2 aliphatic rings. The van der Waals surface area contributed by atoms with Crippen LogP contribution in [-0.2, 0) is 22.7 Å². The Kier molecular flexibility index (Phi) is 7.48. The first-order valence-electron chi connectivity index (χ1n) is 11.3. The fourth-order valence-corrected chi connectivity index (χ4v) is 6.35. The topological polar surface area (TPSA) is 110 Å². The largest absolute Gasteiger partial charge is 0.351 e. The van der Waals surface area contributed by atoms with Gasteiger partial charge in [-0.1, -0.05) is 0 Å². The van der Waals surface area contributed by atoms with E-state index in [-0.39, 0.29) is 29.5 Å². The Morgan fingerprint density at radius 2 is 2.00 bits per heavy atom. The first-order valence-corrected chi connectivity index (χ1v) is 12.9. The van der Waals surface area contributed by atoms with Crippen LogP contribution in [0.2, 0.25) is 0 Å². The summed E-state index contributed by atoms with van der Waals surface area (Å²) in [6, 6.07) is 2.03. The second kappa shape index (κ2) is 10.3. The molecule has 9 nitrogen and oxygen atoms in total. The molecule has 33 heavy (non-hydrogen) atoms. The number of thiophene rings is 1. The van der Waals surface area contributed by atoms with Crippen molar-refractivity contribution >= 4 is 44.8 Å². The van der Waals surface area contributed by atoms with Crippen molar-refractivity contribution < 1.29 is 14.5 Å². The molecule has 3 heterocycles. The molecule has 1 aliphatic carbocycles. The van der Waals surface area contributed by atoms with E-state index in [1.807, 2.05) is 16.3 Å². The van der Waals surface area contributed by atoms with Crippen molar-refractivity contribution in [1.82, 2.24) is 20.0 Å². The summed E-state index contributed by atoms with van der Waals surface area (Å²) in [5.41, 5.74) is 0.169. The molecule has 2 amide bonds. The molecule has 0 aromatic carbocycles. The molecule has 1 aliphatic heterocycles. The molecule has 2 aromatic rings. The Labute approximate surface area is 204 Å². The zero-order valence-electron chi connectivity index (χ0n) is 18.4. The van der Waals surface area contributed by atoms with E-state index in [0.717, 1.165) is 47.9 Å². The van der Waals surface area contributed by atoms with E-state index in [0.29, 0.717) is 32.0 Å². The predicted molar refractivity (Wildman–Crippen MR) is 128 cm³/mol. The van der Waals surface area contributed by atoms with Crippen LogP contribution in [0.5, 0.6) is 0 Å². The number of aromatic nitrogens is 2. The average molecular weight is 538 g/mol. The van der Waals surface area contributed by atoms with Crippen LogP contribution in [0.25, 0.3) is 0 Å².